The molecule has 78 valence electrons. The number of halogens is 1. The molecule has 0 rings (SSSR count). The predicted octanol–water partition coefficient (Wildman–Crippen LogP) is -1.84. The third-order valence-corrected chi connectivity index (χ3v) is 1.26. The van der Waals surface area contributed by atoms with Crippen LogP contribution in [0.4, 0.5) is 0 Å². The number of carbonyl (C=O) groups excluding carboxylic acids is 1. The van der Waals surface area contributed by atoms with Gasteiger partial charge in [-0.1, -0.05) is 6.58 Å². The van der Waals surface area contributed by atoms with Crippen molar-refractivity contribution in [3.8, 4) is 0 Å². The molecule has 0 aromatic heterocycles. The SMILES string of the molecule is C=C(C)C(=O)C(C)O[N+](C)(C)C.[Cl-]. The van der Waals surface area contributed by atoms with E-state index in [1.165, 1.54) is 0 Å². The molecule has 0 aromatic carbocycles. The Balaban J connectivity index is 0. The van der Waals surface area contributed by atoms with E-state index in [1.807, 2.05) is 21.1 Å². The molecule has 0 amide bonds. The summed E-state index contributed by atoms with van der Waals surface area (Å²) in [7, 11) is 5.59. The van der Waals surface area contributed by atoms with Crippen LogP contribution in [-0.2, 0) is 9.63 Å². The van der Waals surface area contributed by atoms with Crippen LogP contribution in [-0.4, -0.2) is 37.7 Å². The Morgan fingerprint density at radius 1 is 1.38 bits per heavy atom. The molecule has 0 fully saturated rings. The number of hydroxylamine groups is 3. The zero-order chi connectivity index (χ0) is 9.94. The van der Waals surface area contributed by atoms with E-state index in [1.54, 1.807) is 13.8 Å². The van der Waals surface area contributed by atoms with Crippen LogP contribution in [0.2, 0.25) is 0 Å². The van der Waals surface area contributed by atoms with Gasteiger partial charge in [0.15, 0.2) is 11.9 Å². The summed E-state index contributed by atoms with van der Waals surface area (Å²) in [6.07, 6.45) is -0.414. The topological polar surface area (TPSA) is 26.3 Å². The van der Waals surface area contributed by atoms with Gasteiger partial charge >= 0.3 is 0 Å². The molecule has 4 heteroatoms. The van der Waals surface area contributed by atoms with Gasteiger partial charge in [0.05, 0.1) is 21.1 Å². The highest BCUT2D eigenvalue weighted by molar-refractivity contribution is 5.97. The Bertz CT molecular complexity index is 196. The maximum atomic E-state index is 11.3. The van der Waals surface area contributed by atoms with Crippen molar-refractivity contribution in [2.24, 2.45) is 0 Å². The van der Waals surface area contributed by atoms with Crippen LogP contribution >= 0.6 is 0 Å². The van der Waals surface area contributed by atoms with Crippen LogP contribution < -0.4 is 12.4 Å². The van der Waals surface area contributed by atoms with Gasteiger partial charge in [0.1, 0.15) is 0 Å². The lowest BCUT2D eigenvalue weighted by atomic mass is 10.1. The van der Waals surface area contributed by atoms with Gasteiger partial charge in [-0.15, -0.1) is 0 Å². The Kier molecular flexibility index (Phi) is 6.24. The Hall–Kier alpha value is -0.380. The van der Waals surface area contributed by atoms with Crippen molar-refractivity contribution < 1.29 is 26.7 Å². The fraction of sp³-hybridized carbons (Fsp3) is 0.667. The third kappa shape index (κ3) is 6.75. The van der Waals surface area contributed by atoms with E-state index in [-0.39, 0.29) is 18.2 Å². The van der Waals surface area contributed by atoms with Gasteiger partial charge in [0.25, 0.3) is 0 Å². The van der Waals surface area contributed by atoms with Crippen molar-refractivity contribution in [2.75, 3.05) is 21.1 Å². The number of nitrogens with zero attached hydrogens (tertiary/aromatic N) is 1. The van der Waals surface area contributed by atoms with Gasteiger partial charge < -0.3 is 12.4 Å². The highest BCUT2D eigenvalue weighted by Gasteiger charge is 2.21. The van der Waals surface area contributed by atoms with E-state index in [0.29, 0.717) is 10.2 Å². The minimum atomic E-state index is -0.414. The molecule has 0 aromatic rings. The number of rotatable bonds is 4. The first-order valence-electron chi connectivity index (χ1n) is 3.93. The number of carbonyl (C=O) groups is 1. The largest absolute Gasteiger partial charge is 1.00 e. The van der Waals surface area contributed by atoms with E-state index in [2.05, 4.69) is 6.58 Å². The van der Waals surface area contributed by atoms with Gasteiger partial charge in [0.2, 0.25) is 0 Å². The van der Waals surface area contributed by atoms with E-state index in [4.69, 9.17) is 4.84 Å². The fourth-order valence-electron chi connectivity index (χ4n) is 0.869. The van der Waals surface area contributed by atoms with Crippen molar-refractivity contribution in [3.63, 3.8) is 0 Å². The first-order chi connectivity index (χ1) is 5.24. The molecule has 0 heterocycles. The van der Waals surface area contributed by atoms with Crippen LogP contribution in [0.1, 0.15) is 13.8 Å². The van der Waals surface area contributed by atoms with Crippen LogP contribution in [0.5, 0.6) is 0 Å². The third-order valence-electron chi connectivity index (χ3n) is 1.26. The molecule has 0 aliphatic carbocycles. The zero-order valence-electron chi connectivity index (χ0n) is 8.93. The van der Waals surface area contributed by atoms with Crippen molar-refractivity contribution in [3.05, 3.63) is 12.2 Å². The maximum absolute atomic E-state index is 11.3. The van der Waals surface area contributed by atoms with Crippen molar-refractivity contribution in [1.29, 1.82) is 0 Å². The van der Waals surface area contributed by atoms with E-state index in [9.17, 15) is 4.79 Å². The maximum Gasteiger partial charge on any atom is 0.192 e. The van der Waals surface area contributed by atoms with Crippen molar-refractivity contribution in [1.82, 2.24) is 0 Å². The number of hydrogen-bond donors (Lipinski definition) is 0. The molecule has 0 saturated heterocycles. The molecule has 3 nitrogen and oxygen atoms in total. The molecule has 0 saturated carbocycles. The molecule has 0 spiro atoms. The first kappa shape index (κ1) is 15.1. The summed E-state index contributed by atoms with van der Waals surface area (Å²) in [4.78, 5) is 16.7. The van der Waals surface area contributed by atoms with Crippen LogP contribution in [0, 0.1) is 0 Å². The number of Topliss-reactive ketones (excluding diaryl/α,β-unsaturated/α-hetero) is 1. The molecule has 0 aliphatic rings. The second kappa shape index (κ2) is 5.37. The van der Waals surface area contributed by atoms with Crippen molar-refractivity contribution in [2.45, 2.75) is 20.0 Å². The quantitative estimate of drug-likeness (QED) is 0.308. The van der Waals surface area contributed by atoms with Crippen molar-refractivity contribution >= 4 is 5.78 Å². The summed E-state index contributed by atoms with van der Waals surface area (Å²) in [5, 5.41) is 0. The molecule has 0 radical (unpaired) electrons. The van der Waals surface area contributed by atoms with Gasteiger partial charge in [-0.3, -0.25) is 4.79 Å². The average Bonchev–Trinajstić information content (AvgIpc) is 1.82. The summed E-state index contributed by atoms with van der Waals surface area (Å²) < 4.78 is 0.320. The average molecular weight is 208 g/mol. The van der Waals surface area contributed by atoms with E-state index < -0.39 is 6.10 Å². The lowest BCUT2D eigenvalue weighted by molar-refractivity contribution is -1.06. The van der Waals surface area contributed by atoms with Crippen LogP contribution in [0.15, 0.2) is 12.2 Å². The monoisotopic (exact) mass is 207 g/mol. The lowest BCUT2D eigenvalue weighted by Crippen LogP contribution is -3.00. The van der Waals surface area contributed by atoms with Gasteiger partial charge in [-0.25, -0.2) is 0 Å². The Morgan fingerprint density at radius 3 is 2.00 bits per heavy atom. The van der Waals surface area contributed by atoms with E-state index >= 15 is 0 Å². The predicted molar refractivity (Wildman–Crippen MR) is 48.4 cm³/mol. The van der Waals surface area contributed by atoms with E-state index in [0.717, 1.165) is 0 Å². The standard InChI is InChI=1S/C9H18NO2.ClH/c1-7(2)9(11)8(3)12-10(4,5)6;/h8H,1H2,2-6H3;1H/q+1;/p-1. The highest BCUT2D eigenvalue weighted by Crippen LogP contribution is 2.05. The van der Waals surface area contributed by atoms with Crippen LogP contribution in [0.3, 0.4) is 0 Å². The molecule has 0 N–H and O–H groups in total. The van der Waals surface area contributed by atoms with Gasteiger partial charge in [0, 0.05) is 0 Å². The smallest absolute Gasteiger partial charge is 0.192 e. The van der Waals surface area contributed by atoms with Gasteiger partial charge in [-0.2, -0.15) is 9.48 Å². The molecule has 1 unspecified atom stereocenters. The normalized spacial score (nSPS) is 13.0. The number of ketones is 1. The summed E-state index contributed by atoms with van der Waals surface area (Å²) in [6.45, 7) is 7.00. The summed E-state index contributed by atoms with van der Waals surface area (Å²) in [5.74, 6) is -0.0388. The zero-order valence-corrected chi connectivity index (χ0v) is 9.68. The Morgan fingerprint density at radius 2 is 1.77 bits per heavy atom. The molecule has 0 aliphatic heterocycles. The molecule has 1 atom stereocenters. The Labute approximate surface area is 86.3 Å². The summed E-state index contributed by atoms with van der Waals surface area (Å²) >= 11 is 0. The molecule has 13 heavy (non-hydrogen) atoms. The molecule has 0 bridgehead atoms. The fourth-order valence-corrected chi connectivity index (χ4v) is 0.869. The minimum absolute atomic E-state index is 0. The van der Waals surface area contributed by atoms with Gasteiger partial charge in [-0.05, 0) is 19.4 Å². The number of quaternary nitrogens is 1. The first-order valence-corrected chi connectivity index (χ1v) is 3.93. The van der Waals surface area contributed by atoms with Crippen LogP contribution in [0.25, 0.3) is 0 Å². The lowest BCUT2D eigenvalue weighted by Gasteiger charge is -2.24. The second-order valence-corrected chi connectivity index (χ2v) is 3.78. The molecular formula is C9H18ClNO2. The highest BCUT2D eigenvalue weighted by atomic mass is 35.5. The molecular weight excluding hydrogens is 190 g/mol. The number of hydrogen-bond acceptors (Lipinski definition) is 2. The summed E-state index contributed by atoms with van der Waals surface area (Å²) in [5.41, 5.74) is 0.538. The second-order valence-electron chi connectivity index (χ2n) is 3.78. The summed E-state index contributed by atoms with van der Waals surface area (Å²) in [6, 6.07) is 0. The minimum Gasteiger partial charge on any atom is -1.00 e.